The summed E-state index contributed by atoms with van der Waals surface area (Å²) in [5, 5.41) is 0. The highest BCUT2D eigenvalue weighted by Crippen LogP contribution is 2.29. The minimum absolute atomic E-state index is 0.0417. The molecule has 0 spiro atoms. The van der Waals surface area contributed by atoms with Gasteiger partial charge in [0.2, 0.25) is 0 Å². The maximum atomic E-state index is 6.46. The van der Waals surface area contributed by atoms with E-state index in [1.165, 1.54) is 0 Å². The number of nitrogens with two attached hydrogens (primary N) is 1. The summed E-state index contributed by atoms with van der Waals surface area (Å²) in [7, 11) is -2.65. The summed E-state index contributed by atoms with van der Waals surface area (Å²) in [6.07, 6.45) is 2.01. The van der Waals surface area contributed by atoms with Crippen LogP contribution in [-0.4, -0.2) is 20.9 Å². The smallest absolute Gasteiger partial charge is 0.0681 e. The topological polar surface area (TPSA) is 26.0 Å². The monoisotopic (exact) mass is 201 g/mol. The summed E-state index contributed by atoms with van der Waals surface area (Å²) in [6.45, 7) is 17.9. The van der Waals surface area contributed by atoms with Crippen LogP contribution in [0.1, 0.15) is 0 Å². The summed E-state index contributed by atoms with van der Waals surface area (Å²) in [5.74, 6) is 0. The Kier molecular flexibility index (Phi) is 3.16. The molecule has 0 atom stereocenters. The third-order valence-electron chi connectivity index (χ3n) is 2.80. The molecule has 0 saturated carbocycles. The van der Waals surface area contributed by atoms with Gasteiger partial charge in [0, 0.05) is 4.79 Å². The lowest BCUT2D eigenvalue weighted by Crippen LogP contribution is -2.71. The van der Waals surface area contributed by atoms with Crippen molar-refractivity contribution in [2.75, 3.05) is 0 Å². The van der Waals surface area contributed by atoms with Crippen molar-refractivity contribution in [3.63, 3.8) is 0 Å². The minimum atomic E-state index is -1.32. The van der Waals surface area contributed by atoms with Gasteiger partial charge in [0.25, 0.3) is 0 Å². The molecule has 0 aromatic heterocycles. The van der Waals surface area contributed by atoms with Crippen LogP contribution < -0.4 is 5.73 Å². The molecular formula is C9H23NSi2. The van der Waals surface area contributed by atoms with Crippen LogP contribution in [0.4, 0.5) is 0 Å². The third kappa shape index (κ3) is 1.89. The van der Waals surface area contributed by atoms with E-state index in [1.807, 2.05) is 6.08 Å². The molecule has 0 unspecified atom stereocenters. The van der Waals surface area contributed by atoms with Crippen molar-refractivity contribution >= 4 is 16.1 Å². The van der Waals surface area contributed by atoms with Gasteiger partial charge in [0.1, 0.15) is 0 Å². The maximum Gasteiger partial charge on any atom is 0.0681 e. The zero-order valence-electron chi connectivity index (χ0n) is 9.36. The Labute approximate surface area is 79.1 Å². The molecule has 72 valence electrons. The van der Waals surface area contributed by atoms with Gasteiger partial charge in [0.15, 0.2) is 0 Å². The van der Waals surface area contributed by atoms with Crippen LogP contribution >= 0.6 is 0 Å². The van der Waals surface area contributed by atoms with Crippen LogP contribution in [0.2, 0.25) is 39.3 Å². The molecule has 0 aliphatic carbocycles. The zero-order chi connectivity index (χ0) is 10.2. The van der Waals surface area contributed by atoms with Crippen molar-refractivity contribution in [1.82, 2.24) is 0 Å². The van der Waals surface area contributed by atoms with Crippen LogP contribution in [0.25, 0.3) is 0 Å². The fourth-order valence-electron chi connectivity index (χ4n) is 1.74. The van der Waals surface area contributed by atoms with E-state index < -0.39 is 16.1 Å². The molecule has 3 heteroatoms. The van der Waals surface area contributed by atoms with Crippen LogP contribution in [0, 0.1) is 0 Å². The Hall–Kier alpha value is 0.134. The Balaban J connectivity index is 5.09. The molecule has 0 fully saturated rings. The van der Waals surface area contributed by atoms with Crippen LogP contribution in [-0.2, 0) is 0 Å². The highest BCUT2D eigenvalue weighted by Gasteiger charge is 2.47. The second kappa shape index (κ2) is 3.12. The van der Waals surface area contributed by atoms with Crippen LogP contribution in [0.5, 0.6) is 0 Å². The fraction of sp³-hybridized carbons (Fsp3) is 0.778. The molecule has 0 bridgehead atoms. The quantitative estimate of drug-likeness (QED) is 0.551. The van der Waals surface area contributed by atoms with Crippen LogP contribution in [0.15, 0.2) is 12.7 Å². The summed E-state index contributed by atoms with van der Waals surface area (Å²) in [6, 6.07) is 0. The van der Waals surface area contributed by atoms with E-state index in [-0.39, 0.29) is 4.79 Å². The molecule has 1 nitrogen and oxygen atoms in total. The van der Waals surface area contributed by atoms with Crippen molar-refractivity contribution < 1.29 is 0 Å². The number of hydrogen-bond donors (Lipinski definition) is 1. The zero-order valence-corrected chi connectivity index (χ0v) is 11.4. The summed E-state index contributed by atoms with van der Waals surface area (Å²) in [4.78, 5) is -0.0417. The van der Waals surface area contributed by atoms with Crippen molar-refractivity contribution in [3.05, 3.63) is 12.7 Å². The van der Waals surface area contributed by atoms with E-state index in [9.17, 15) is 0 Å². The molecule has 0 rings (SSSR count). The molecule has 0 aromatic rings. The molecule has 2 N–H and O–H groups in total. The van der Waals surface area contributed by atoms with E-state index in [0.29, 0.717) is 0 Å². The lowest BCUT2D eigenvalue weighted by Gasteiger charge is -2.46. The first-order chi connectivity index (χ1) is 5.06. The van der Waals surface area contributed by atoms with E-state index in [2.05, 4.69) is 45.9 Å². The second-order valence-electron chi connectivity index (χ2n) is 5.57. The van der Waals surface area contributed by atoms with Gasteiger partial charge in [-0.25, -0.2) is 0 Å². The summed E-state index contributed by atoms with van der Waals surface area (Å²) >= 11 is 0. The Morgan fingerprint density at radius 3 is 1.25 bits per heavy atom. The predicted octanol–water partition coefficient (Wildman–Crippen LogP) is 2.62. The molecule has 0 amide bonds. The largest absolute Gasteiger partial charge is 0.327 e. The number of hydrogen-bond acceptors (Lipinski definition) is 1. The first kappa shape index (κ1) is 12.1. The predicted molar refractivity (Wildman–Crippen MR) is 63.8 cm³/mol. The molecule has 0 saturated heterocycles. The molecular weight excluding hydrogens is 178 g/mol. The van der Waals surface area contributed by atoms with Gasteiger partial charge < -0.3 is 5.73 Å². The summed E-state index contributed by atoms with van der Waals surface area (Å²) in [5.41, 5.74) is 6.46. The van der Waals surface area contributed by atoms with Gasteiger partial charge >= 0.3 is 0 Å². The molecule has 0 heterocycles. The van der Waals surface area contributed by atoms with Gasteiger partial charge in [-0.15, -0.1) is 6.58 Å². The van der Waals surface area contributed by atoms with Crippen molar-refractivity contribution in [3.8, 4) is 0 Å². The number of rotatable bonds is 3. The standard InChI is InChI=1S/C9H23NSi2/c1-8-9(10,11(2,3)4)12(5,6)7/h8H,1,10H2,2-7H3. The molecule has 0 radical (unpaired) electrons. The molecule has 12 heavy (non-hydrogen) atoms. The second-order valence-corrected chi connectivity index (χ2v) is 16.7. The van der Waals surface area contributed by atoms with Crippen molar-refractivity contribution in [1.29, 1.82) is 0 Å². The van der Waals surface area contributed by atoms with E-state index in [0.717, 1.165) is 0 Å². The Morgan fingerprint density at radius 1 is 1.00 bits per heavy atom. The first-order valence-electron chi connectivity index (χ1n) is 4.49. The van der Waals surface area contributed by atoms with Gasteiger partial charge in [-0.1, -0.05) is 45.4 Å². The van der Waals surface area contributed by atoms with Crippen molar-refractivity contribution in [2.45, 2.75) is 44.1 Å². The third-order valence-corrected chi connectivity index (χ3v) is 12.7. The molecule has 0 aromatic carbocycles. The average Bonchev–Trinajstić information content (AvgIpc) is 1.81. The summed E-state index contributed by atoms with van der Waals surface area (Å²) < 4.78 is 0. The maximum absolute atomic E-state index is 6.46. The fourth-order valence-corrected chi connectivity index (χ4v) is 12.0. The lowest BCUT2D eigenvalue weighted by atomic mass is 10.6. The van der Waals surface area contributed by atoms with E-state index >= 15 is 0 Å². The highest BCUT2D eigenvalue weighted by atomic mass is 28.4. The van der Waals surface area contributed by atoms with Crippen LogP contribution in [0.3, 0.4) is 0 Å². The van der Waals surface area contributed by atoms with Gasteiger partial charge in [-0.05, 0) is 0 Å². The normalized spacial score (nSPS) is 14.6. The van der Waals surface area contributed by atoms with Gasteiger partial charge in [0.05, 0.1) is 16.1 Å². The Bertz CT molecular complexity index is 160. The first-order valence-corrected chi connectivity index (χ1v) is 11.5. The minimum Gasteiger partial charge on any atom is -0.327 e. The average molecular weight is 201 g/mol. The van der Waals surface area contributed by atoms with Gasteiger partial charge in [-0.2, -0.15) is 0 Å². The SMILES string of the molecule is C=CC(N)([Si](C)(C)C)[Si](C)(C)C. The molecule has 0 aliphatic heterocycles. The van der Waals surface area contributed by atoms with Crippen molar-refractivity contribution in [2.24, 2.45) is 5.73 Å². The van der Waals surface area contributed by atoms with E-state index in [4.69, 9.17) is 5.73 Å². The lowest BCUT2D eigenvalue weighted by molar-refractivity contribution is 0.927. The van der Waals surface area contributed by atoms with Gasteiger partial charge in [-0.3, -0.25) is 0 Å². The van der Waals surface area contributed by atoms with E-state index in [1.54, 1.807) is 0 Å². The highest BCUT2D eigenvalue weighted by molar-refractivity contribution is 6.99. The molecule has 0 aliphatic rings. The Morgan fingerprint density at radius 2 is 1.25 bits per heavy atom.